The number of amides is 1. The molecule has 1 aliphatic rings. The zero-order valence-corrected chi connectivity index (χ0v) is 22.4. The number of phenols is 1. The van der Waals surface area contributed by atoms with Crippen molar-refractivity contribution < 1.29 is 67.7 Å². The van der Waals surface area contributed by atoms with Gasteiger partial charge < -0.3 is 48.6 Å². The van der Waals surface area contributed by atoms with Gasteiger partial charge in [0.2, 0.25) is 12.4 Å². The molecule has 0 bridgehead atoms. The number of esters is 4. The molecule has 0 radical (unpaired) electrons. The predicted octanol–water partition coefficient (Wildman–Crippen LogP) is -0.719. The Bertz CT molecular complexity index is 1070. The van der Waals surface area contributed by atoms with Gasteiger partial charge in [-0.15, -0.1) is 0 Å². The topological polar surface area (TPSA) is 205 Å². The van der Waals surface area contributed by atoms with Crippen LogP contribution in [0.25, 0.3) is 0 Å². The number of carbonyl (C=O) groups is 5. The average Bonchev–Trinajstić information content (AvgIpc) is 2.86. The molecule has 1 aromatic carbocycles. The minimum Gasteiger partial charge on any atom is -0.504 e. The first-order valence-corrected chi connectivity index (χ1v) is 12.2. The molecule has 40 heavy (non-hydrogen) atoms. The van der Waals surface area contributed by atoms with E-state index < -0.39 is 72.8 Å². The van der Waals surface area contributed by atoms with Crippen LogP contribution in [0.5, 0.6) is 11.5 Å². The quantitative estimate of drug-likeness (QED) is 0.209. The van der Waals surface area contributed by atoms with Gasteiger partial charge in [-0.2, -0.15) is 0 Å². The summed E-state index contributed by atoms with van der Waals surface area (Å²) >= 11 is 0. The summed E-state index contributed by atoms with van der Waals surface area (Å²) in [5.41, 5.74) is 0.00768. The zero-order chi connectivity index (χ0) is 30.0. The van der Waals surface area contributed by atoms with E-state index in [-0.39, 0.29) is 37.6 Å². The van der Waals surface area contributed by atoms with Gasteiger partial charge in [0, 0.05) is 46.3 Å². The van der Waals surface area contributed by atoms with Crippen molar-refractivity contribution in [2.75, 3.05) is 32.9 Å². The van der Waals surface area contributed by atoms with Crippen LogP contribution in [0.15, 0.2) is 18.2 Å². The Hall–Kier alpha value is -3.95. The van der Waals surface area contributed by atoms with E-state index in [2.05, 4.69) is 0 Å². The molecule has 15 nitrogen and oxygen atoms in total. The van der Waals surface area contributed by atoms with Gasteiger partial charge in [-0.05, 0) is 18.2 Å². The number of carbonyl (C=O) groups excluding carboxylic acids is 5. The van der Waals surface area contributed by atoms with E-state index in [0.29, 0.717) is 0 Å². The first kappa shape index (κ1) is 32.3. The number of aromatic hydroxyl groups is 1. The molecular formula is C25H33NO14. The number of aliphatic hydroxyl groups is 2. The molecule has 1 saturated heterocycles. The van der Waals surface area contributed by atoms with Gasteiger partial charge in [0.15, 0.2) is 23.7 Å². The van der Waals surface area contributed by atoms with Crippen molar-refractivity contribution in [2.45, 2.75) is 58.4 Å². The summed E-state index contributed by atoms with van der Waals surface area (Å²) in [7, 11) is 0. The van der Waals surface area contributed by atoms with E-state index in [0.717, 1.165) is 33.8 Å². The first-order chi connectivity index (χ1) is 18.9. The Morgan fingerprint density at radius 1 is 0.825 bits per heavy atom. The highest BCUT2D eigenvalue weighted by Gasteiger charge is 2.53. The smallest absolute Gasteiger partial charge is 0.303 e. The Labute approximate surface area is 229 Å². The molecular weight excluding hydrogens is 538 g/mol. The highest BCUT2D eigenvalue weighted by Crippen LogP contribution is 2.34. The molecule has 222 valence electrons. The second-order valence-electron chi connectivity index (χ2n) is 8.61. The van der Waals surface area contributed by atoms with Gasteiger partial charge in [0.25, 0.3) is 5.91 Å². The molecule has 0 aromatic heterocycles. The molecule has 1 heterocycles. The number of benzene rings is 1. The molecule has 1 aliphatic heterocycles. The minimum atomic E-state index is -1.59. The van der Waals surface area contributed by atoms with Crippen LogP contribution in [-0.2, 0) is 42.9 Å². The molecule has 5 atom stereocenters. The van der Waals surface area contributed by atoms with Gasteiger partial charge >= 0.3 is 23.9 Å². The normalized spacial score (nSPS) is 22.0. The molecule has 15 heteroatoms. The Morgan fingerprint density at radius 2 is 1.38 bits per heavy atom. The lowest BCUT2D eigenvalue weighted by atomic mass is 9.98. The minimum absolute atomic E-state index is 0.00768. The lowest BCUT2D eigenvalue weighted by molar-refractivity contribution is -0.288. The van der Waals surface area contributed by atoms with Crippen LogP contribution in [0.2, 0.25) is 0 Å². The summed E-state index contributed by atoms with van der Waals surface area (Å²) in [6.45, 7) is 3.08. The average molecular weight is 572 g/mol. The van der Waals surface area contributed by atoms with Crippen LogP contribution in [0, 0.1) is 0 Å². The molecule has 0 spiro atoms. The summed E-state index contributed by atoms with van der Waals surface area (Å²) in [4.78, 5) is 61.1. The summed E-state index contributed by atoms with van der Waals surface area (Å²) in [5.74, 6) is -4.51. The van der Waals surface area contributed by atoms with Crippen molar-refractivity contribution in [3.63, 3.8) is 0 Å². The molecule has 3 N–H and O–H groups in total. The second kappa shape index (κ2) is 15.0. The highest BCUT2D eigenvalue weighted by molar-refractivity contribution is 5.95. The van der Waals surface area contributed by atoms with Crippen molar-refractivity contribution in [3.05, 3.63) is 23.8 Å². The van der Waals surface area contributed by atoms with Crippen LogP contribution in [0.4, 0.5) is 0 Å². The SMILES string of the molecule is CC(=O)OC[C@@H]1O[C@@H](Oc2ccc(C(=O)N(CCO)CCO)cc2O)[C@@H](OC(C)=O)[C@@H](OC(C)=O)[C@H]1OC(C)=O. The maximum absolute atomic E-state index is 12.7. The summed E-state index contributed by atoms with van der Waals surface area (Å²) in [5, 5.41) is 29.0. The van der Waals surface area contributed by atoms with Crippen molar-refractivity contribution >= 4 is 29.8 Å². The molecule has 1 aromatic rings. The van der Waals surface area contributed by atoms with Crippen molar-refractivity contribution in [3.8, 4) is 11.5 Å². The number of rotatable bonds is 12. The van der Waals surface area contributed by atoms with E-state index in [9.17, 15) is 39.3 Å². The summed E-state index contributed by atoms with van der Waals surface area (Å²) in [6.07, 6.45) is -7.24. The molecule has 0 aliphatic carbocycles. The van der Waals surface area contributed by atoms with Crippen molar-refractivity contribution in [1.29, 1.82) is 0 Å². The molecule has 1 amide bonds. The largest absolute Gasteiger partial charge is 0.504 e. The van der Waals surface area contributed by atoms with Gasteiger partial charge in [0.1, 0.15) is 12.7 Å². The number of phenolic OH excluding ortho intramolecular Hbond substituents is 1. The Balaban J connectivity index is 2.45. The summed E-state index contributed by atoms with van der Waals surface area (Å²) < 4.78 is 32.5. The highest BCUT2D eigenvalue weighted by atomic mass is 16.7. The van der Waals surface area contributed by atoms with Gasteiger partial charge in [-0.3, -0.25) is 24.0 Å². The molecule has 2 rings (SSSR count). The fourth-order valence-electron chi connectivity index (χ4n) is 3.90. The maximum atomic E-state index is 12.7. The maximum Gasteiger partial charge on any atom is 0.303 e. The van der Waals surface area contributed by atoms with Crippen LogP contribution in [0.1, 0.15) is 38.1 Å². The van der Waals surface area contributed by atoms with E-state index in [4.69, 9.17) is 28.4 Å². The predicted molar refractivity (Wildman–Crippen MR) is 131 cm³/mol. The van der Waals surface area contributed by atoms with Crippen LogP contribution < -0.4 is 4.74 Å². The van der Waals surface area contributed by atoms with E-state index >= 15 is 0 Å². The third kappa shape index (κ3) is 9.07. The fraction of sp³-hybridized carbons (Fsp3) is 0.560. The monoisotopic (exact) mass is 571 g/mol. The number of aliphatic hydroxyl groups excluding tert-OH is 2. The number of hydrogen-bond donors (Lipinski definition) is 3. The molecule has 1 fully saturated rings. The summed E-state index contributed by atoms with van der Waals surface area (Å²) in [6, 6.07) is 3.59. The van der Waals surface area contributed by atoms with Crippen LogP contribution in [0.3, 0.4) is 0 Å². The van der Waals surface area contributed by atoms with Crippen molar-refractivity contribution in [2.24, 2.45) is 0 Å². The zero-order valence-electron chi connectivity index (χ0n) is 22.4. The number of nitrogens with zero attached hydrogens (tertiary/aromatic N) is 1. The van der Waals surface area contributed by atoms with Crippen LogP contribution in [-0.4, -0.2) is 114 Å². The van der Waals surface area contributed by atoms with Crippen LogP contribution >= 0.6 is 0 Å². The van der Waals surface area contributed by atoms with Gasteiger partial charge in [-0.25, -0.2) is 0 Å². The third-order valence-electron chi connectivity index (χ3n) is 5.42. The number of hydrogen-bond acceptors (Lipinski definition) is 14. The first-order valence-electron chi connectivity index (χ1n) is 12.2. The van der Waals surface area contributed by atoms with E-state index in [1.807, 2.05) is 0 Å². The lowest BCUT2D eigenvalue weighted by Crippen LogP contribution is -2.63. The van der Waals surface area contributed by atoms with E-state index in [1.54, 1.807) is 0 Å². The molecule has 0 unspecified atom stereocenters. The van der Waals surface area contributed by atoms with E-state index in [1.165, 1.54) is 17.0 Å². The Morgan fingerprint density at radius 3 is 1.88 bits per heavy atom. The van der Waals surface area contributed by atoms with Crippen molar-refractivity contribution in [1.82, 2.24) is 4.90 Å². The Kier molecular flexibility index (Phi) is 12.1. The second-order valence-corrected chi connectivity index (χ2v) is 8.61. The third-order valence-corrected chi connectivity index (χ3v) is 5.42. The fourth-order valence-corrected chi connectivity index (χ4v) is 3.90. The lowest BCUT2D eigenvalue weighted by Gasteiger charge is -2.43. The number of ether oxygens (including phenoxy) is 6. The van der Waals surface area contributed by atoms with Gasteiger partial charge in [0.05, 0.1) is 13.2 Å². The standard InChI is InChI=1S/C25H33NO14/c1-13(29)35-12-20-21(36-14(2)30)22(37-15(3)31)23(38-16(4)32)25(40-20)39-19-6-5-17(11-18(19)33)24(34)26(7-9-27)8-10-28/h5-6,11,20-23,25,27-28,33H,7-10,12H2,1-4H3/t20-,21-,22-,23-,25+/m0/s1. The molecule has 0 saturated carbocycles. The van der Waals surface area contributed by atoms with Gasteiger partial charge in [-0.1, -0.05) is 0 Å².